The third-order valence-corrected chi connectivity index (χ3v) is 5.84. The minimum atomic E-state index is -1.29. The van der Waals surface area contributed by atoms with E-state index in [9.17, 15) is 24.3 Å². The number of rotatable bonds is 6. The predicted molar refractivity (Wildman–Crippen MR) is 121 cm³/mol. The summed E-state index contributed by atoms with van der Waals surface area (Å²) in [6, 6.07) is 6.70. The molecule has 1 saturated heterocycles. The Kier molecular flexibility index (Phi) is 7.01. The van der Waals surface area contributed by atoms with E-state index in [1.54, 1.807) is 27.7 Å². The van der Waals surface area contributed by atoms with E-state index >= 15 is 0 Å². The van der Waals surface area contributed by atoms with Gasteiger partial charge in [-0.25, -0.2) is 24.3 Å². The molecular formula is C22H26N4O6S. The number of nitrogens with zero attached hydrogens (tertiary/aromatic N) is 2. The third kappa shape index (κ3) is 5.86. The lowest BCUT2D eigenvalue weighted by atomic mass is 9.84. The molecule has 1 aliphatic heterocycles. The monoisotopic (exact) mass is 474 g/mol. The van der Waals surface area contributed by atoms with Gasteiger partial charge in [0.05, 0.1) is 12.0 Å². The van der Waals surface area contributed by atoms with Crippen LogP contribution in [0.15, 0.2) is 36.5 Å². The van der Waals surface area contributed by atoms with Gasteiger partial charge in [-0.15, -0.1) is 11.3 Å². The topological polar surface area (TPSA) is 138 Å². The fraction of sp³-hybridized carbons (Fsp3) is 0.409. The Morgan fingerprint density at radius 3 is 2.52 bits per heavy atom. The highest BCUT2D eigenvalue weighted by molar-refractivity contribution is 7.15. The quantitative estimate of drug-likeness (QED) is 0.545. The van der Waals surface area contributed by atoms with E-state index in [1.165, 1.54) is 6.20 Å². The third-order valence-electron chi connectivity index (χ3n) is 4.91. The maximum Gasteiger partial charge on any atom is 0.413 e. The SMILES string of the molecule is C[C@@H](NC(=O)N1C(=O)C(Cc2cnc(NC(=O)OC(C)(C)C)s2)[C@H]1C(=O)O)c1ccccc1. The lowest BCUT2D eigenvalue weighted by Gasteiger charge is -2.43. The van der Waals surface area contributed by atoms with Gasteiger partial charge in [-0.2, -0.15) is 0 Å². The molecule has 1 aliphatic rings. The Morgan fingerprint density at radius 1 is 1.24 bits per heavy atom. The van der Waals surface area contributed by atoms with Crippen molar-refractivity contribution < 1.29 is 29.0 Å². The molecule has 0 aliphatic carbocycles. The molecule has 3 atom stereocenters. The number of carbonyl (C=O) groups is 4. The molecule has 4 amide bonds. The number of thiazole rings is 1. The molecule has 2 aromatic rings. The van der Waals surface area contributed by atoms with E-state index in [4.69, 9.17) is 4.74 Å². The number of hydrogen-bond donors (Lipinski definition) is 3. The average molecular weight is 475 g/mol. The summed E-state index contributed by atoms with van der Waals surface area (Å²) in [5.74, 6) is -2.75. The summed E-state index contributed by atoms with van der Waals surface area (Å²) in [5, 5.41) is 15.1. The second-order valence-corrected chi connectivity index (χ2v) is 9.76. The molecule has 0 bridgehead atoms. The van der Waals surface area contributed by atoms with Gasteiger partial charge in [0.2, 0.25) is 5.91 Å². The molecule has 0 saturated carbocycles. The first-order valence-electron chi connectivity index (χ1n) is 10.3. The number of amides is 4. The van der Waals surface area contributed by atoms with Crippen molar-refractivity contribution in [3.8, 4) is 0 Å². The molecule has 10 nitrogen and oxygen atoms in total. The Morgan fingerprint density at radius 2 is 1.91 bits per heavy atom. The molecule has 1 fully saturated rings. The van der Waals surface area contributed by atoms with Gasteiger partial charge in [0, 0.05) is 11.1 Å². The van der Waals surface area contributed by atoms with Crippen LogP contribution in [0.5, 0.6) is 0 Å². The van der Waals surface area contributed by atoms with Gasteiger partial charge in [0.25, 0.3) is 0 Å². The van der Waals surface area contributed by atoms with Gasteiger partial charge in [0.15, 0.2) is 11.2 Å². The standard InChI is InChI=1S/C22H26N4O6S/c1-12(13-8-6-5-7-9-13)24-20(30)26-16(18(28)29)15(17(26)27)10-14-11-23-19(33-14)25-21(31)32-22(2,3)4/h5-9,11-12,15-16H,10H2,1-4H3,(H,24,30)(H,28,29)(H,23,25,31)/t12-,15?,16+/m1/s1. The summed E-state index contributed by atoms with van der Waals surface area (Å²) < 4.78 is 5.17. The van der Waals surface area contributed by atoms with Crippen LogP contribution >= 0.6 is 11.3 Å². The second kappa shape index (κ2) is 9.57. The lowest BCUT2D eigenvalue weighted by Crippen LogP contribution is -2.68. The highest BCUT2D eigenvalue weighted by Crippen LogP contribution is 2.33. The molecule has 176 valence electrons. The van der Waals surface area contributed by atoms with Crippen LogP contribution in [0.25, 0.3) is 0 Å². The van der Waals surface area contributed by atoms with Crippen LogP contribution in [0.3, 0.4) is 0 Å². The number of carboxylic acids is 1. The minimum Gasteiger partial charge on any atom is -0.480 e. The maximum atomic E-state index is 12.7. The smallest absolute Gasteiger partial charge is 0.413 e. The first-order valence-corrected chi connectivity index (χ1v) is 11.1. The van der Waals surface area contributed by atoms with Gasteiger partial charge in [-0.3, -0.25) is 10.1 Å². The maximum absolute atomic E-state index is 12.7. The van der Waals surface area contributed by atoms with Crippen LogP contribution in [0.2, 0.25) is 0 Å². The van der Waals surface area contributed by atoms with Crippen LogP contribution < -0.4 is 10.6 Å². The number of carboxylic acid groups (broad SMARTS) is 1. The molecule has 0 radical (unpaired) electrons. The number of imide groups is 1. The van der Waals surface area contributed by atoms with Crippen molar-refractivity contribution in [3.05, 3.63) is 47.0 Å². The summed E-state index contributed by atoms with van der Waals surface area (Å²) in [6.07, 6.45) is 0.882. The number of aliphatic carboxylic acids is 1. The average Bonchev–Trinajstić information content (AvgIpc) is 3.15. The van der Waals surface area contributed by atoms with E-state index in [1.807, 2.05) is 30.3 Å². The van der Waals surface area contributed by atoms with Crippen molar-refractivity contribution in [1.82, 2.24) is 15.2 Å². The van der Waals surface area contributed by atoms with Crippen molar-refractivity contribution in [2.75, 3.05) is 5.32 Å². The van der Waals surface area contributed by atoms with E-state index < -0.39 is 47.6 Å². The summed E-state index contributed by atoms with van der Waals surface area (Å²) in [4.78, 5) is 54.4. The Balaban J connectivity index is 1.63. The van der Waals surface area contributed by atoms with Gasteiger partial charge < -0.3 is 15.2 Å². The van der Waals surface area contributed by atoms with E-state index in [0.29, 0.717) is 4.88 Å². The molecule has 1 aromatic carbocycles. The normalized spacial score (nSPS) is 18.8. The number of carbonyl (C=O) groups excluding carboxylic acids is 3. The van der Waals surface area contributed by atoms with Crippen molar-refractivity contribution >= 4 is 40.5 Å². The van der Waals surface area contributed by atoms with Crippen molar-refractivity contribution in [3.63, 3.8) is 0 Å². The van der Waals surface area contributed by atoms with Crippen LogP contribution in [-0.2, 0) is 20.7 Å². The number of urea groups is 1. The highest BCUT2D eigenvalue weighted by atomic mass is 32.1. The Bertz CT molecular complexity index is 1050. The summed E-state index contributed by atoms with van der Waals surface area (Å²) in [7, 11) is 0. The Labute approximate surface area is 195 Å². The van der Waals surface area contributed by atoms with Crippen LogP contribution in [-0.4, -0.2) is 50.6 Å². The first-order chi connectivity index (χ1) is 15.5. The van der Waals surface area contributed by atoms with Gasteiger partial charge >= 0.3 is 18.1 Å². The molecular weight excluding hydrogens is 448 g/mol. The van der Waals surface area contributed by atoms with Gasteiger partial charge in [-0.1, -0.05) is 30.3 Å². The summed E-state index contributed by atoms with van der Waals surface area (Å²) in [6.45, 7) is 6.95. The zero-order chi connectivity index (χ0) is 24.3. The van der Waals surface area contributed by atoms with Crippen LogP contribution in [0.4, 0.5) is 14.7 Å². The number of likely N-dealkylation sites (tertiary alicyclic amines) is 1. The molecule has 3 N–H and O–H groups in total. The van der Waals surface area contributed by atoms with Crippen LogP contribution in [0, 0.1) is 5.92 Å². The number of hydrogen-bond acceptors (Lipinski definition) is 7. The number of ether oxygens (including phenoxy) is 1. The van der Waals surface area contributed by atoms with E-state index in [2.05, 4.69) is 15.6 Å². The van der Waals surface area contributed by atoms with Crippen molar-refractivity contribution in [2.45, 2.75) is 51.8 Å². The summed E-state index contributed by atoms with van der Waals surface area (Å²) >= 11 is 1.11. The van der Waals surface area contributed by atoms with E-state index in [-0.39, 0.29) is 11.6 Å². The molecule has 3 rings (SSSR count). The number of aromatic nitrogens is 1. The number of anilines is 1. The zero-order valence-corrected chi connectivity index (χ0v) is 19.5. The fourth-order valence-electron chi connectivity index (χ4n) is 3.40. The highest BCUT2D eigenvalue weighted by Gasteiger charge is 2.55. The lowest BCUT2D eigenvalue weighted by molar-refractivity contribution is -0.165. The number of β-lactam (4-membered cyclic amide) rings is 1. The molecule has 33 heavy (non-hydrogen) atoms. The van der Waals surface area contributed by atoms with Gasteiger partial charge in [-0.05, 0) is 39.7 Å². The molecule has 2 heterocycles. The fourth-order valence-corrected chi connectivity index (χ4v) is 4.26. The van der Waals surface area contributed by atoms with E-state index in [0.717, 1.165) is 21.8 Å². The Hall–Kier alpha value is -3.47. The molecule has 1 unspecified atom stereocenters. The largest absolute Gasteiger partial charge is 0.480 e. The minimum absolute atomic E-state index is 0.0848. The van der Waals surface area contributed by atoms with Crippen molar-refractivity contribution in [1.29, 1.82) is 0 Å². The van der Waals surface area contributed by atoms with Gasteiger partial charge in [0.1, 0.15) is 5.60 Å². The molecule has 11 heteroatoms. The second-order valence-electron chi connectivity index (χ2n) is 8.64. The zero-order valence-electron chi connectivity index (χ0n) is 18.7. The molecule has 1 aromatic heterocycles. The molecule has 0 spiro atoms. The predicted octanol–water partition coefficient (Wildman–Crippen LogP) is 3.42. The number of nitrogens with one attached hydrogen (secondary N) is 2. The summed E-state index contributed by atoms with van der Waals surface area (Å²) in [5.41, 5.74) is 0.163. The van der Waals surface area contributed by atoms with Crippen LogP contribution in [0.1, 0.15) is 44.2 Å². The van der Waals surface area contributed by atoms with Crippen molar-refractivity contribution in [2.24, 2.45) is 5.92 Å². The number of benzene rings is 1. The first kappa shape index (κ1) is 24.2.